The van der Waals surface area contributed by atoms with Crippen molar-refractivity contribution in [3.63, 3.8) is 0 Å². The van der Waals surface area contributed by atoms with E-state index in [0.29, 0.717) is 6.04 Å². The highest BCUT2D eigenvalue weighted by Crippen LogP contribution is 2.26. The molecule has 1 aliphatic heterocycles. The Hall–Kier alpha value is -0.120. The maximum absolute atomic E-state index is 5.83. The Balaban J connectivity index is 1.67. The first-order chi connectivity index (χ1) is 8.59. The maximum Gasteiger partial charge on any atom is 0.163 e. The van der Waals surface area contributed by atoms with Gasteiger partial charge in [-0.25, -0.2) is 0 Å². The Kier molecular flexibility index (Phi) is 5.05. The smallest absolute Gasteiger partial charge is 0.163 e. The molecule has 18 heavy (non-hydrogen) atoms. The molecular formula is C15H29NO2. The van der Waals surface area contributed by atoms with Gasteiger partial charge in [0.25, 0.3) is 0 Å². The van der Waals surface area contributed by atoms with Crippen LogP contribution in [0.3, 0.4) is 0 Å². The van der Waals surface area contributed by atoms with Crippen LogP contribution in [0.1, 0.15) is 59.3 Å². The zero-order valence-corrected chi connectivity index (χ0v) is 12.2. The predicted molar refractivity (Wildman–Crippen MR) is 73.6 cm³/mol. The van der Waals surface area contributed by atoms with Gasteiger partial charge in [-0.3, -0.25) is 0 Å². The van der Waals surface area contributed by atoms with Crippen LogP contribution >= 0.6 is 0 Å². The number of nitrogens with one attached hydrogen (secondary N) is 1. The zero-order valence-electron chi connectivity index (χ0n) is 12.2. The lowest BCUT2D eigenvalue weighted by atomic mass is 9.98. The maximum atomic E-state index is 5.83. The molecule has 3 atom stereocenters. The molecule has 1 heterocycles. The molecule has 106 valence electrons. The largest absolute Gasteiger partial charge is 0.348 e. The van der Waals surface area contributed by atoms with Crippen molar-refractivity contribution in [2.75, 3.05) is 13.2 Å². The van der Waals surface area contributed by atoms with Gasteiger partial charge in [-0.05, 0) is 39.0 Å². The lowest BCUT2D eigenvalue weighted by molar-refractivity contribution is -0.137. The summed E-state index contributed by atoms with van der Waals surface area (Å²) in [5.74, 6) is 0.574. The van der Waals surface area contributed by atoms with Crippen LogP contribution in [0.5, 0.6) is 0 Å². The number of ether oxygens (including phenoxy) is 2. The van der Waals surface area contributed by atoms with Crippen molar-refractivity contribution < 1.29 is 9.47 Å². The molecular weight excluding hydrogens is 226 g/mol. The minimum atomic E-state index is -0.386. The first-order valence-electron chi connectivity index (χ1n) is 7.64. The monoisotopic (exact) mass is 255 g/mol. The normalized spacial score (nSPS) is 36.5. The fourth-order valence-electron chi connectivity index (χ4n) is 3.15. The van der Waals surface area contributed by atoms with Gasteiger partial charge in [0.15, 0.2) is 5.79 Å². The van der Waals surface area contributed by atoms with Gasteiger partial charge in [-0.2, -0.15) is 0 Å². The van der Waals surface area contributed by atoms with E-state index in [1.54, 1.807) is 0 Å². The van der Waals surface area contributed by atoms with Crippen LogP contribution in [-0.2, 0) is 9.47 Å². The second kappa shape index (κ2) is 6.36. The molecule has 3 heteroatoms. The van der Waals surface area contributed by atoms with E-state index >= 15 is 0 Å². The van der Waals surface area contributed by atoms with Crippen molar-refractivity contribution in [3.8, 4) is 0 Å². The Labute approximate surface area is 112 Å². The van der Waals surface area contributed by atoms with Crippen molar-refractivity contribution in [1.29, 1.82) is 0 Å². The third kappa shape index (κ3) is 4.22. The first-order valence-corrected chi connectivity index (χ1v) is 7.64. The Morgan fingerprint density at radius 1 is 1.17 bits per heavy atom. The van der Waals surface area contributed by atoms with Gasteiger partial charge in [-0.1, -0.05) is 26.2 Å². The second-order valence-corrected chi connectivity index (χ2v) is 6.34. The molecule has 3 nitrogen and oxygen atoms in total. The Bertz CT molecular complexity index is 255. The van der Waals surface area contributed by atoms with E-state index in [1.807, 2.05) is 13.8 Å². The van der Waals surface area contributed by atoms with E-state index in [0.717, 1.165) is 19.1 Å². The van der Waals surface area contributed by atoms with Crippen molar-refractivity contribution >= 4 is 0 Å². The lowest BCUT2D eigenvalue weighted by Gasteiger charge is -2.20. The third-order valence-electron chi connectivity index (χ3n) is 4.37. The molecule has 2 rings (SSSR count). The summed E-state index contributed by atoms with van der Waals surface area (Å²) < 4.78 is 11.4. The molecule has 1 N–H and O–H groups in total. The third-order valence-corrected chi connectivity index (χ3v) is 4.37. The molecule has 1 saturated carbocycles. The van der Waals surface area contributed by atoms with Crippen LogP contribution in [0.25, 0.3) is 0 Å². The van der Waals surface area contributed by atoms with Gasteiger partial charge in [0.05, 0.1) is 12.7 Å². The van der Waals surface area contributed by atoms with Crippen molar-refractivity contribution in [2.45, 2.75) is 77.2 Å². The molecule has 0 amide bonds. The average molecular weight is 255 g/mol. The summed E-state index contributed by atoms with van der Waals surface area (Å²) in [6, 6.07) is 0.689. The van der Waals surface area contributed by atoms with Crippen LogP contribution in [-0.4, -0.2) is 31.1 Å². The molecule has 2 fully saturated rings. The van der Waals surface area contributed by atoms with Crippen LogP contribution in [0.4, 0.5) is 0 Å². The van der Waals surface area contributed by atoms with Gasteiger partial charge in [-0.15, -0.1) is 0 Å². The van der Waals surface area contributed by atoms with Crippen LogP contribution in [0.2, 0.25) is 0 Å². The summed E-state index contributed by atoms with van der Waals surface area (Å²) >= 11 is 0. The topological polar surface area (TPSA) is 30.5 Å². The molecule has 3 unspecified atom stereocenters. The molecule has 0 aromatic rings. The molecule has 1 saturated heterocycles. The van der Waals surface area contributed by atoms with Crippen molar-refractivity contribution in [2.24, 2.45) is 5.92 Å². The number of rotatable bonds is 4. The van der Waals surface area contributed by atoms with Crippen molar-refractivity contribution in [1.82, 2.24) is 5.32 Å². The summed E-state index contributed by atoms with van der Waals surface area (Å²) in [5, 5.41) is 3.68. The van der Waals surface area contributed by atoms with Crippen LogP contribution < -0.4 is 5.32 Å². The van der Waals surface area contributed by atoms with Crippen LogP contribution in [0.15, 0.2) is 0 Å². The standard InChI is InChI=1S/C15H29NO2/c1-4-12-6-5-7-13(9-8-12)16-10-14-11-17-15(2,3)18-14/h12-14,16H,4-11H2,1-3H3. The highest BCUT2D eigenvalue weighted by atomic mass is 16.7. The molecule has 2 aliphatic rings. The van der Waals surface area contributed by atoms with E-state index in [1.165, 1.54) is 38.5 Å². The lowest BCUT2D eigenvalue weighted by Crippen LogP contribution is -2.37. The number of hydrogen-bond acceptors (Lipinski definition) is 3. The molecule has 1 aliphatic carbocycles. The molecule has 0 aromatic carbocycles. The Morgan fingerprint density at radius 3 is 2.67 bits per heavy atom. The van der Waals surface area contributed by atoms with E-state index in [4.69, 9.17) is 9.47 Å². The first kappa shape index (κ1) is 14.3. The van der Waals surface area contributed by atoms with Gasteiger partial charge in [0.1, 0.15) is 0 Å². The summed E-state index contributed by atoms with van der Waals surface area (Å²) in [6.07, 6.45) is 8.42. The van der Waals surface area contributed by atoms with E-state index in [-0.39, 0.29) is 11.9 Å². The molecule has 0 aromatic heterocycles. The zero-order chi connectivity index (χ0) is 13.0. The van der Waals surface area contributed by atoms with Crippen molar-refractivity contribution in [3.05, 3.63) is 0 Å². The quantitative estimate of drug-likeness (QED) is 0.783. The number of hydrogen-bond donors (Lipinski definition) is 1. The van der Waals surface area contributed by atoms with E-state index in [9.17, 15) is 0 Å². The summed E-state index contributed by atoms with van der Waals surface area (Å²) in [7, 11) is 0. The van der Waals surface area contributed by atoms with Gasteiger partial charge in [0.2, 0.25) is 0 Å². The molecule has 0 spiro atoms. The average Bonchev–Trinajstić information content (AvgIpc) is 2.56. The van der Waals surface area contributed by atoms with E-state index < -0.39 is 0 Å². The fourth-order valence-corrected chi connectivity index (χ4v) is 3.15. The fraction of sp³-hybridized carbons (Fsp3) is 1.00. The minimum absolute atomic E-state index is 0.227. The highest BCUT2D eigenvalue weighted by molar-refractivity contribution is 4.78. The summed E-state index contributed by atoms with van der Waals surface area (Å²) in [4.78, 5) is 0. The minimum Gasteiger partial charge on any atom is -0.348 e. The second-order valence-electron chi connectivity index (χ2n) is 6.34. The van der Waals surface area contributed by atoms with Gasteiger partial charge in [0, 0.05) is 12.6 Å². The van der Waals surface area contributed by atoms with Crippen LogP contribution in [0, 0.1) is 5.92 Å². The summed E-state index contributed by atoms with van der Waals surface area (Å²) in [5.41, 5.74) is 0. The SMILES string of the molecule is CCC1CCCC(NCC2COC(C)(C)O2)CC1. The van der Waals surface area contributed by atoms with Gasteiger partial charge < -0.3 is 14.8 Å². The molecule has 0 bridgehead atoms. The predicted octanol–water partition coefficient (Wildman–Crippen LogP) is 3.09. The van der Waals surface area contributed by atoms with E-state index in [2.05, 4.69) is 12.2 Å². The van der Waals surface area contributed by atoms with Gasteiger partial charge >= 0.3 is 0 Å². The highest BCUT2D eigenvalue weighted by Gasteiger charge is 2.32. The Morgan fingerprint density at radius 2 is 2.00 bits per heavy atom. The molecule has 0 radical (unpaired) electrons. The summed E-state index contributed by atoms with van der Waals surface area (Å²) in [6.45, 7) is 7.97.